The van der Waals surface area contributed by atoms with Crippen LogP contribution >= 0.6 is 11.3 Å². The Morgan fingerprint density at radius 2 is 2.16 bits per heavy atom. The molecule has 1 fully saturated rings. The van der Waals surface area contributed by atoms with E-state index in [1.807, 2.05) is 13.8 Å². The number of carbonyl (C=O) groups excluding carboxylic acids is 1. The average molecular weight is 372 g/mol. The van der Waals surface area contributed by atoms with Gasteiger partial charge < -0.3 is 4.90 Å². The molecule has 3 heterocycles. The minimum Gasteiger partial charge on any atom is -0.335 e. The van der Waals surface area contributed by atoms with Crippen molar-refractivity contribution >= 4 is 17.2 Å². The molecular formula is C16H19F3N4OS. The molecule has 1 amide bonds. The highest BCUT2D eigenvalue weighted by atomic mass is 32.1. The van der Waals surface area contributed by atoms with Crippen molar-refractivity contribution in [2.75, 3.05) is 13.1 Å². The highest BCUT2D eigenvalue weighted by Crippen LogP contribution is 2.30. The molecule has 1 saturated heterocycles. The van der Waals surface area contributed by atoms with E-state index in [1.165, 1.54) is 22.2 Å². The van der Waals surface area contributed by atoms with Crippen LogP contribution in [0.5, 0.6) is 0 Å². The fourth-order valence-corrected chi connectivity index (χ4v) is 3.82. The van der Waals surface area contributed by atoms with Crippen molar-refractivity contribution in [3.63, 3.8) is 0 Å². The lowest BCUT2D eigenvalue weighted by Gasteiger charge is -2.32. The quantitative estimate of drug-likeness (QED) is 0.819. The molecule has 1 unspecified atom stereocenters. The van der Waals surface area contributed by atoms with E-state index in [0.29, 0.717) is 25.2 Å². The molecule has 0 spiro atoms. The standard InChI is InChI=1S/C16H19F3N4OS/c1-10(2)14-13(20-9-25-14)15(24)22-6-3-4-11(8-22)23-7-5-12(21-23)16(17,18)19/h5,7,9-11H,3-4,6,8H2,1-2H3. The van der Waals surface area contributed by atoms with Crippen LogP contribution in [0.3, 0.4) is 0 Å². The summed E-state index contributed by atoms with van der Waals surface area (Å²) in [4.78, 5) is 19.6. The van der Waals surface area contributed by atoms with Gasteiger partial charge >= 0.3 is 6.18 Å². The van der Waals surface area contributed by atoms with E-state index in [1.54, 1.807) is 10.4 Å². The van der Waals surface area contributed by atoms with Crippen LogP contribution in [0.4, 0.5) is 13.2 Å². The molecule has 0 bridgehead atoms. The van der Waals surface area contributed by atoms with Crippen LogP contribution in [0.2, 0.25) is 0 Å². The highest BCUT2D eigenvalue weighted by molar-refractivity contribution is 7.10. The zero-order chi connectivity index (χ0) is 18.2. The summed E-state index contributed by atoms with van der Waals surface area (Å²) in [5.41, 5.74) is 1.21. The van der Waals surface area contributed by atoms with E-state index in [0.717, 1.165) is 17.4 Å². The molecule has 5 nitrogen and oxygen atoms in total. The van der Waals surface area contributed by atoms with Gasteiger partial charge in [0.15, 0.2) is 5.69 Å². The topological polar surface area (TPSA) is 51.0 Å². The van der Waals surface area contributed by atoms with E-state index >= 15 is 0 Å². The van der Waals surface area contributed by atoms with Crippen molar-refractivity contribution in [2.24, 2.45) is 0 Å². The molecule has 0 saturated carbocycles. The summed E-state index contributed by atoms with van der Waals surface area (Å²) in [7, 11) is 0. The monoisotopic (exact) mass is 372 g/mol. The Morgan fingerprint density at radius 3 is 2.80 bits per heavy atom. The van der Waals surface area contributed by atoms with Gasteiger partial charge in [-0.3, -0.25) is 9.48 Å². The number of hydrogen-bond donors (Lipinski definition) is 0. The number of rotatable bonds is 3. The van der Waals surface area contributed by atoms with Crippen LogP contribution in [0, 0.1) is 0 Å². The van der Waals surface area contributed by atoms with Gasteiger partial charge in [-0.1, -0.05) is 13.8 Å². The highest BCUT2D eigenvalue weighted by Gasteiger charge is 2.35. The van der Waals surface area contributed by atoms with E-state index in [4.69, 9.17) is 0 Å². The molecule has 0 aliphatic carbocycles. The molecule has 25 heavy (non-hydrogen) atoms. The third-order valence-corrected chi connectivity index (χ3v) is 5.41. The summed E-state index contributed by atoms with van der Waals surface area (Å²) in [5, 5.41) is 3.65. The number of piperidine rings is 1. The second-order valence-corrected chi connectivity index (χ2v) is 7.33. The normalized spacial score (nSPS) is 18.8. The van der Waals surface area contributed by atoms with Gasteiger partial charge in [-0.15, -0.1) is 11.3 Å². The van der Waals surface area contributed by atoms with Gasteiger partial charge in [-0.25, -0.2) is 4.98 Å². The first-order valence-electron chi connectivity index (χ1n) is 8.12. The molecule has 136 valence electrons. The predicted molar refractivity (Wildman–Crippen MR) is 87.6 cm³/mol. The third kappa shape index (κ3) is 3.70. The Morgan fingerprint density at radius 1 is 1.40 bits per heavy atom. The van der Waals surface area contributed by atoms with Gasteiger partial charge in [-0.2, -0.15) is 18.3 Å². The molecule has 0 N–H and O–H groups in total. The Hall–Kier alpha value is -1.90. The number of aromatic nitrogens is 3. The summed E-state index contributed by atoms with van der Waals surface area (Å²) < 4.78 is 39.5. The molecule has 1 aliphatic rings. The first-order chi connectivity index (χ1) is 11.8. The first-order valence-corrected chi connectivity index (χ1v) is 9.00. The van der Waals surface area contributed by atoms with Gasteiger partial charge in [0, 0.05) is 24.2 Å². The van der Waals surface area contributed by atoms with Crippen LogP contribution in [0.25, 0.3) is 0 Å². The van der Waals surface area contributed by atoms with Crippen LogP contribution in [-0.2, 0) is 6.18 Å². The van der Waals surface area contributed by atoms with Gasteiger partial charge in [0.2, 0.25) is 0 Å². The molecule has 9 heteroatoms. The number of likely N-dealkylation sites (tertiary alicyclic amines) is 1. The smallest absolute Gasteiger partial charge is 0.335 e. The maximum absolute atomic E-state index is 12.8. The second-order valence-electron chi connectivity index (χ2n) is 6.45. The van der Waals surface area contributed by atoms with Crippen molar-refractivity contribution < 1.29 is 18.0 Å². The van der Waals surface area contributed by atoms with Crippen molar-refractivity contribution in [3.8, 4) is 0 Å². The lowest BCUT2D eigenvalue weighted by molar-refractivity contribution is -0.141. The van der Waals surface area contributed by atoms with Gasteiger partial charge in [-0.05, 0) is 24.8 Å². The lowest BCUT2D eigenvalue weighted by Crippen LogP contribution is -2.41. The summed E-state index contributed by atoms with van der Waals surface area (Å²) in [6.07, 6.45) is -1.71. The third-order valence-electron chi connectivity index (χ3n) is 4.28. The van der Waals surface area contributed by atoms with Crippen LogP contribution in [0.1, 0.15) is 59.7 Å². The Kier molecular flexibility index (Phi) is 4.86. The Bertz CT molecular complexity index is 753. The largest absolute Gasteiger partial charge is 0.435 e. The second kappa shape index (κ2) is 6.78. The number of hydrogen-bond acceptors (Lipinski definition) is 4. The molecule has 2 aromatic heterocycles. The van der Waals surface area contributed by atoms with Gasteiger partial charge in [0.25, 0.3) is 5.91 Å². The molecule has 0 aromatic carbocycles. The average Bonchev–Trinajstić information content (AvgIpc) is 3.23. The van der Waals surface area contributed by atoms with E-state index in [9.17, 15) is 18.0 Å². The Balaban J connectivity index is 1.76. The zero-order valence-corrected chi connectivity index (χ0v) is 14.8. The fourth-order valence-electron chi connectivity index (χ4n) is 3.02. The van der Waals surface area contributed by atoms with Gasteiger partial charge in [0.1, 0.15) is 5.69 Å². The number of halogens is 3. The lowest BCUT2D eigenvalue weighted by atomic mass is 10.0. The molecule has 2 aromatic rings. The van der Waals surface area contributed by atoms with E-state index < -0.39 is 11.9 Å². The summed E-state index contributed by atoms with van der Waals surface area (Å²) in [6.45, 7) is 4.93. The maximum atomic E-state index is 12.8. The summed E-state index contributed by atoms with van der Waals surface area (Å²) >= 11 is 1.45. The molecule has 1 atom stereocenters. The maximum Gasteiger partial charge on any atom is 0.435 e. The fraction of sp³-hybridized carbons (Fsp3) is 0.562. The molecule has 1 aliphatic heterocycles. The minimum atomic E-state index is -4.46. The number of nitrogens with zero attached hydrogens (tertiary/aromatic N) is 4. The van der Waals surface area contributed by atoms with Crippen molar-refractivity contribution in [3.05, 3.63) is 34.0 Å². The predicted octanol–water partition coefficient (Wildman–Crippen LogP) is 3.96. The van der Waals surface area contributed by atoms with E-state index in [-0.39, 0.29) is 17.9 Å². The van der Waals surface area contributed by atoms with Crippen LogP contribution in [0.15, 0.2) is 17.8 Å². The zero-order valence-electron chi connectivity index (χ0n) is 14.0. The van der Waals surface area contributed by atoms with Crippen LogP contribution < -0.4 is 0 Å². The number of alkyl halides is 3. The van der Waals surface area contributed by atoms with Crippen molar-refractivity contribution in [1.82, 2.24) is 19.7 Å². The van der Waals surface area contributed by atoms with Crippen molar-refractivity contribution in [2.45, 2.75) is 44.8 Å². The first kappa shape index (κ1) is 17.9. The minimum absolute atomic E-state index is 0.155. The number of thiazole rings is 1. The summed E-state index contributed by atoms with van der Waals surface area (Å²) in [5.74, 6) is 0.0466. The van der Waals surface area contributed by atoms with Crippen molar-refractivity contribution in [1.29, 1.82) is 0 Å². The van der Waals surface area contributed by atoms with E-state index in [2.05, 4.69) is 10.1 Å². The molecular weight excluding hydrogens is 353 g/mol. The molecule has 0 radical (unpaired) electrons. The SMILES string of the molecule is CC(C)c1scnc1C(=O)N1CCCC(n2ccc(C(F)(F)F)n2)C1. The Labute approximate surface area is 147 Å². The number of amides is 1. The number of carbonyl (C=O) groups is 1. The summed E-state index contributed by atoms with van der Waals surface area (Å²) in [6, 6.07) is 0.716. The molecule has 3 rings (SSSR count). The van der Waals surface area contributed by atoms with Gasteiger partial charge in [0.05, 0.1) is 11.6 Å². The van der Waals surface area contributed by atoms with Crippen LogP contribution in [-0.4, -0.2) is 38.7 Å².